The van der Waals surface area contributed by atoms with Crippen molar-refractivity contribution in [3.8, 4) is 0 Å². The number of methoxy groups -OCH3 is 1. The van der Waals surface area contributed by atoms with Crippen molar-refractivity contribution in [1.82, 2.24) is 10.2 Å². The van der Waals surface area contributed by atoms with Crippen molar-refractivity contribution in [2.45, 2.75) is 65.5 Å². The topological polar surface area (TPSA) is 67.9 Å². The maximum atomic E-state index is 12.1. The van der Waals surface area contributed by atoms with Crippen LogP contribution in [-0.4, -0.2) is 55.3 Å². The van der Waals surface area contributed by atoms with Gasteiger partial charge in [-0.15, -0.1) is 0 Å². The molecule has 6 nitrogen and oxygen atoms in total. The SMILES string of the molecule is CCC(C)[C@@H](CN(CC(=O)OC)CC1CC1)NC(=O)OC(C)(C)C. The van der Waals surface area contributed by atoms with Gasteiger partial charge in [-0.3, -0.25) is 9.69 Å². The molecule has 0 heterocycles. The Labute approximate surface area is 146 Å². The average molecular weight is 342 g/mol. The Kier molecular flexibility index (Phi) is 8.00. The number of esters is 1. The van der Waals surface area contributed by atoms with Crippen molar-refractivity contribution in [3.05, 3.63) is 0 Å². The van der Waals surface area contributed by atoms with E-state index in [2.05, 4.69) is 24.1 Å². The van der Waals surface area contributed by atoms with Crippen molar-refractivity contribution in [2.24, 2.45) is 11.8 Å². The molecular formula is C18H34N2O4. The summed E-state index contributed by atoms with van der Waals surface area (Å²) in [7, 11) is 1.41. The molecule has 24 heavy (non-hydrogen) atoms. The summed E-state index contributed by atoms with van der Waals surface area (Å²) in [5, 5.41) is 2.98. The zero-order chi connectivity index (χ0) is 18.3. The summed E-state index contributed by atoms with van der Waals surface area (Å²) in [4.78, 5) is 25.9. The molecule has 0 saturated heterocycles. The molecule has 0 aromatic rings. The van der Waals surface area contributed by atoms with E-state index in [4.69, 9.17) is 9.47 Å². The second kappa shape index (κ2) is 9.25. The standard InChI is InChI=1S/C18H34N2O4/c1-7-13(2)15(19-17(22)24-18(3,4)5)11-20(10-14-8-9-14)12-16(21)23-6/h13-15H,7-12H2,1-6H3,(H,19,22)/t13?,15-/m1/s1. The molecule has 1 fully saturated rings. The van der Waals surface area contributed by atoms with Gasteiger partial charge in [-0.1, -0.05) is 20.3 Å². The van der Waals surface area contributed by atoms with E-state index in [-0.39, 0.29) is 24.5 Å². The van der Waals surface area contributed by atoms with E-state index in [1.165, 1.54) is 20.0 Å². The monoisotopic (exact) mass is 342 g/mol. The van der Waals surface area contributed by atoms with Crippen LogP contribution in [0.1, 0.15) is 53.9 Å². The van der Waals surface area contributed by atoms with Crippen molar-refractivity contribution in [1.29, 1.82) is 0 Å². The molecule has 1 N–H and O–H groups in total. The predicted octanol–water partition coefficient (Wildman–Crippen LogP) is 2.81. The summed E-state index contributed by atoms with van der Waals surface area (Å²) >= 11 is 0. The van der Waals surface area contributed by atoms with Gasteiger partial charge in [0.2, 0.25) is 0 Å². The van der Waals surface area contributed by atoms with Crippen LogP contribution < -0.4 is 5.32 Å². The van der Waals surface area contributed by atoms with E-state index in [1.807, 2.05) is 20.8 Å². The van der Waals surface area contributed by atoms with Gasteiger partial charge in [-0.05, 0) is 45.4 Å². The first-order chi connectivity index (χ1) is 11.1. The van der Waals surface area contributed by atoms with E-state index >= 15 is 0 Å². The highest BCUT2D eigenvalue weighted by Crippen LogP contribution is 2.30. The number of amides is 1. The van der Waals surface area contributed by atoms with Crippen molar-refractivity contribution >= 4 is 12.1 Å². The number of hydrogen-bond acceptors (Lipinski definition) is 5. The smallest absolute Gasteiger partial charge is 0.407 e. The zero-order valence-corrected chi connectivity index (χ0v) is 16.1. The second-order valence-corrected chi connectivity index (χ2v) is 7.85. The van der Waals surface area contributed by atoms with Gasteiger partial charge in [-0.25, -0.2) is 4.79 Å². The zero-order valence-electron chi connectivity index (χ0n) is 16.1. The molecule has 1 aliphatic rings. The lowest BCUT2D eigenvalue weighted by Gasteiger charge is -2.31. The Morgan fingerprint density at radius 3 is 2.38 bits per heavy atom. The van der Waals surface area contributed by atoms with Crippen LogP contribution in [0.15, 0.2) is 0 Å². The Morgan fingerprint density at radius 1 is 1.29 bits per heavy atom. The first-order valence-corrected chi connectivity index (χ1v) is 8.93. The molecule has 0 bridgehead atoms. The predicted molar refractivity (Wildman–Crippen MR) is 93.8 cm³/mol. The number of hydrogen-bond donors (Lipinski definition) is 1. The van der Waals surface area contributed by atoms with Gasteiger partial charge >= 0.3 is 12.1 Å². The average Bonchev–Trinajstić information content (AvgIpc) is 3.27. The molecular weight excluding hydrogens is 308 g/mol. The number of carbonyl (C=O) groups excluding carboxylic acids is 2. The van der Waals surface area contributed by atoms with Gasteiger partial charge in [0.15, 0.2) is 0 Å². The molecule has 0 aliphatic heterocycles. The van der Waals surface area contributed by atoms with Gasteiger partial charge < -0.3 is 14.8 Å². The summed E-state index contributed by atoms with van der Waals surface area (Å²) in [6.45, 7) is 11.5. The highest BCUT2D eigenvalue weighted by molar-refractivity contribution is 5.71. The molecule has 1 aliphatic carbocycles. The first-order valence-electron chi connectivity index (χ1n) is 8.93. The lowest BCUT2D eigenvalue weighted by molar-refractivity contribution is -0.142. The highest BCUT2D eigenvalue weighted by Gasteiger charge is 2.29. The van der Waals surface area contributed by atoms with Crippen LogP contribution in [0, 0.1) is 11.8 Å². The molecule has 6 heteroatoms. The van der Waals surface area contributed by atoms with E-state index in [0.29, 0.717) is 12.5 Å². The quantitative estimate of drug-likeness (QED) is 0.653. The normalized spacial score (nSPS) is 17.3. The fourth-order valence-corrected chi connectivity index (χ4v) is 2.51. The van der Waals surface area contributed by atoms with E-state index in [1.54, 1.807) is 0 Å². The van der Waals surface area contributed by atoms with Crippen LogP contribution in [0.5, 0.6) is 0 Å². The van der Waals surface area contributed by atoms with Crippen LogP contribution in [-0.2, 0) is 14.3 Å². The summed E-state index contributed by atoms with van der Waals surface area (Å²) in [6.07, 6.45) is 2.96. The summed E-state index contributed by atoms with van der Waals surface area (Å²) < 4.78 is 10.2. The van der Waals surface area contributed by atoms with Crippen molar-refractivity contribution in [2.75, 3.05) is 26.7 Å². The Morgan fingerprint density at radius 2 is 1.92 bits per heavy atom. The Bertz CT molecular complexity index is 416. The van der Waals surface area contributed by atoms with Gasteiger partial charge in [-0.2, -0.15) is 0 Å². The minimum absolute atomic E-state index is 0.0618. The minimum atomic E-state index is -0.524. The second-order valence-electron chi connectivity index (χ2n) is 7.85. The van der Waals surface area contributed by atoms with Gasteiger partial charge in [0.25, 0.3) is 0 Å². The van der Waals surface area contributed by atoms with Crippen LogP contribution in [0.3, 0.4) is 0 Å². The molecule has 0 aromatic heterocycles. The molecule has 0 spiro atoms. The largest absolute Gasteiger partial charge is 0.468 e. The lowest BCUT2D eigenvalue weighted by atomic mass is 9.98. The third-order valence-corrected chi connectivity index (χ3v) is 4.28. The van der Waals surface area contributed by atoms with Crippen LogP contribution >= 0.6 is 0 Å². The maximum absolute atomic E-state index is 12.1. The van der Waals surface area contributed by atoms with E-state index < -0.39 is 11.7 Å². The van der Waals surface area contributed by atoms with Crippen molar-refractivity contribution in [3.63, 3.8) is 0 Å². The molecule has 1 unspecified atom stereocenters. The first kappa shape index (κ1) is 20.7. The number of alkyl carbamates (subject to hydrolysis) is 1. The van der Waals surface area contributed by atoms with Crippen LogP contribution in [0.4, 0.5) is 4.79 Å². The number of nitrogens with zero attached hydrogens (tertiary/aromatic N) is 1. The maximum Gasteiger partial charge on any atom is 0.407 e. The van der Waals surface area contributed by atoms with Crippen molar-refractivity contribution < 1.29 is 19.1 Å². The van der Waals surface area contributed by atoms with Gasteiger partial charge in [0.1, 0.15) is 5.60 Å². The van der Waals surface area contributed by atoms with Gasteiger partial charge in [0, 0.05) is 19.1 Å². The van der Waals surface area contributed by atoms with Crippen LogP contribution in [0.2, 0.25) is 0 Å². The molecule has 2 atom stereocenters. The van der Waals surface area contributed by atoms with Crippen LogP contribution in [0.25, 0.3) is 0 Å². The molecule has 1 rings (SSSR count). The fraction of sp³-hybridized carbons (Fsp3) is 0.889. The molecule has 1 amide bonds. The lowest BCUT2D eigenvalue weighted by Crippen LogP contribution is -2.50. The summed E-state index contributed by atoms with van der Waals surface area (Å²) in [6, 6.07) is -0.0618. The Balaban J connectivity index is 2.69. The summed E-state index contributed by atoms with van der Waals surface area (Å²) in [5.74, 6) is 0.710. The molecule has 0 aromatic carbocycles. The number of carbonyl (C=O) groups is 2. The molecule has 0 radical (unpaired) electrons. The highest BCUT2D eigenvalue weighted by atomic mass is 16.6. The van der Waals surface area contributed by atoms with E-state index in [0.717, 1.165) is 13.0 Å². The minimum Gasteiger partial charge on any atom is -0.468 e. The number of nitrogens with one attached hydrogen (secondary N) is 1. The Hall–Kier alpha value is -1.30. The number of rotatable bonds is 9. The van der Waals surface area contributed by atoms with E-state index in [9.17, 15) is 9.59 Å². The fourth-order valence-electron chi connectivity index (χ4n) is 2.51. The third-order valence-electron chi connectivity index (χ3n) is 4.28. The third kappa shape index (κ3) is 8.52. The van der Waals surface area contributed by atoms with Gasteiger partial charge in [0.05, 0.1) is 13.7 Å². The summed E-state index contributed by atoms with van der Waals surface area (Å²) in [5.41, 5.74) is -0.524. The number of ether oxygens (including phenoxy) is 2. The molecule has 1 saturated carbocycles. The molecule has 140 valence electrons.